The highest BCUT2D eigenvalue weighted by atomic mass is 19.1. The number of nitrogens with one attached hydrogen (secondary N) is 1. The van der Waals surface area contributed by atoms with Gasteiger partial charge in [-0.1, -0.05) is 0 Å². The van der Waals surface area contributed by atoms with Crippen molar-refractivity contribution in [2.75, 3.05) is 26.7 Å². The van der Waals surface area contributed by atoms with E-state index in [1.165, 1.54) is 0 Å². The van der Waals surface area contributed by atoms with Crippen LogP contribution in [0.25, 0.3) is 0 Å². The van der Waals surface area contributed by atoms with Crippen molar-refractivity contribution in [1.29, 1.82) is 0 Å². The van der Waals surface area contributed by atoms with Crippen molar-refractivity contribution in [3.8, 4) is 0 Å². The van der Waals surface area contributed by atoms with Crippen molar-refractivity contribution in [2.24, 2.45) is 5.92 Å². The predicted octanol–water partition coefficient (Wildman–Crippen LogP) is 1.81. The van der Waals surface area contributed by atoms with Gasteiger partial charge < -0.3 is 10.2 Å². The molecule has 1 aromatic rings. The van der Waals surface area contributed by atoms with Crippen LogP contribution >= 0.6 is 0 Å². The lowest BCUT2D eigenvalue weighted by molar-refractivity contribution is -0.385. The summed E-state index contributed by atoms with van der Waals surface area (Å²) in [4.78, 5) is 24.4. The van der Waals surface area contributed by atoms with Gasteiger partial charge in [-0.3, -0.25) is 14.9 Å². The minimum atomic E-state index is -0.651. The van der Waals surface area contributed by atoms with Gasteiger partial charge in [-0.15, -0.1) is 0 Å². The summed E-state index contributed by atoms with van der Waals surface area (Å²) in [6.07, 6.45) is 1.86. The molecule has 1 atom stereocenters. The number of rotatable bonds is 4. The van der Waals surface area contributed by atoms with Crippen LogP contribution in [-0.4, -0.2) is 42.4 Å². The fourth-order valence-electron chi connectivity index (χ4n) is 2.71. The summed E-state index contributed by atoms with van der Waals surface area (Å²) in [7, 11) is 1.85. The Kier molecular flexibility index (Phi) is 4.85. The zero-order valence-electron chi connectivity index (χ0n) is 11.8. The zero-order chi connectivity index (χ0) is 15.4. The Bertz CT molecular complexity index is 548. The van der Waals surface area contributed by atoms with Crippen LogP contribution in [0.3, 0.4) is 0 Å². The van der Waals surface area contributed by atoms with Gasteiger partial charge in [-0.2, -0.15) is 0 Å². The number of benzene rings is 1. The van der Waals surface area contributed by atoms with E-state index in [9.17, 15) is 19.3 Å². The molecule has 114 valence electrons. The van der Waals surface area contributed by atoms with Crippen LogP contribution in [0.1, 0.15) is 23.2 Å². The lowest BCUT2D eigenvalue weighted by Crippen LogP contribution is -2.42. The lowest BCUT2D eigenvalue weighted by atomic mass is 9.97. The van der Waals surface area contributed by atoms with Crippen molar-refractivity contribution in [3.05, 3.63) is 39.7 Å². The van der Waals surface area contributed by atoms with E-state index in [0.717, 1.165) is 37.6 Å². The van der Waals surface area contributed by atoms with Gasteiger partial charge in [0.2, 0.25) is 0 Å². The van der Waals surface area contributed by atoms with E-state index in [1.807, 2.05) is 7.05 Å². The molecule has 0 saturated carbocycles. The first-order valence-corrected chi connectivity index (χ1v) is 6.90. The van der Waals surface area contributed by atoms with Crippen molar-refractivity contribution >= 4 is 11.6 Å². The number of hydrogen-bond acceptors (Lipinski definition) is 4. The van der Waals surface area contributed by atoms with E-state index in [2.05, 4.69) is 5.32 Å². The average Bonchev–Trinajstić information content (AvgIpc) is 2.46. The molecule has 21 heavy (non-hydrogen) atoms. The Labute approximate surface area is 122 Å². The number of nitro groups is 1. The third-order valence-corrected chi connectivity index (χ3v) is 3.68. The third kappa shape index (κ3) is 3.55. The van der Waals surface area contributed by atoms with Gasteiger partial charge in [0.05, 0.1) is 4.92 Å². The summed E-state index contributed by atoms with van der Waals surface area (Å²) < 4.78 is 13.3. The Morgan fingerprint density at radius 2 is 2.33 bits per heavy atom. The Hall–Kier alpha value is -2.02. The van der Waals surface area contributed by atoms with Gasteiger partial charge in [0.1, 0.15) is 11.4 Å². The maximum Gasteiger partial charge on any atom is 0.282 e. The number of carbonyl (C=O) groups is 1. The van der Waals surface area contributed by atoms with Crippen LogP contribution in [0.4, 0.5) is 10.1 Å². The molecule has 0 aromatic heterocycles. The molecule has 1 saturated heterocycles. The fraction of sp³-hybridized carbons (Fsp3) is 0.500. The Morgan fingerprint density at radius 3 is 3.00 bits per heavy atom. The normalized spacial score (nSPS) is 18.6. The molecule has 1 unspecified atom stereocenters. The number of piperidine rings is 1. The Morgan fingerprint density at radius 1 is 1.57 bits per heavy atom. The average molecular weight is 295 g/mol. The maximum atomic E-state index is 13.3. The van der Waals surface area contributed by atoms with Crippen LogP contribution in [0.2, 0.25) is 0 Å². The molecule has 1 amide bonds. The zero-order valence-corrected chi connectivity index (χ0v) is 11.8. The summed E-state index contributed by atoms with van der Waals surface area (Å²) in [5.41, 5.74) is -0.526. The van der Waals surface area contributed by atoms with E-state index >= 15 is 0 Å². The number of hydrogen-bond donors (Lipinski definition) is 1. The summed E-state index contributed by atoms with van der Waals surface area (Å²) >= 11 is 0. The largest absolute Gasteiger partial charge is 0.338 e. The molecule has 0 radical (unpaired) electrons. The quantitative estimate of drug-likeness (QED) is 0.679. The Balaban J connectivity index is 2.23. The second-order valence-corrected chi connectivity index (χ2v) is 5.24. The predicted molar refractivity (Wildman–Crippen MR) is 75.6 cm³/mol. The van der Waals surface area contributed by atoms with Crippen LogP contribution in [-0.2, 0) is 0 Å². The van der Waals surface area contributed by atoms with Gasteiger partial charge in [0.15, 0.2) is 0 Å². The first-order chi connectivity index (χ1) is 10.0. The minimum absolute atomic E-state index is 0.176. The van der Waals surface area contributed by atoms with Crippen molar-refractivity contribution in [1.82, 2.24) is 10.2 Å². The molecule has 1 aliphatic rings. The van der Waals surface area contributed by atoms with Crippen LogP contribution < -0.4 is 5.32 Å². The molecule has 1 aromatic carbocycles. The van der Waals surface area contributed by atoms with Crippen molar-refractivity contribution in [2.45, 2.75) is 12.8 Å². The number of amides is 1. The molecule has 0 bridgehead atoms. The molecular formula is C14H18FN3O3. The summed E-state index contributed by atoms with van der Waals surface area (Å²) in [6.45, 7) is 1.87. The molecule has 6 nitrogen and oxygen atoms in total. The van der Waals surface area contributed by atoms with E-state index in [-0.39, 0.29) is 11.3 Å². The highest BCUT2D eigenvalue weighted by Crippen LogP contribution is 2.24. The summed E-state index contributed by atoms with van der Waals surface area (Å²) in [5.74, 6) is -0.796. The molecule has 0 spiro atoms. The first kappa shape index (κ1) is 15.4. The molecule has 7 heteroatoms. The first-order valence-electron chi connectivity index (χ1n) is 6.90. The van der Waals surface area contributed by atoms with Gasteiger partial charge in [-0.25, -0.2) is 4.39 Å². The van der Waals surface area contributed by atoms with Gasteiger partial charge in [0, 0.05) is 19.2 Å². The number of likely N-dealkylation sites (tertiary alicyclic amines) is 1. The molecule has 2 rings (SSSR count). The summed E-state index contributed by atoms with van der Waals surface area (Å²) in [5, 5.41) is 14.1. The van der Waals surface area contributed by atoms with Crippen LogP contribution in [0.15, 0.2) is 18.2 Å². The number of nitrogens with zero attached hydrogens (tertiary/aromatic N) is 2. The minimum Gasteiger partial charge on any atom is -0.338 e. The monoisotopic (exact) mass is 295 g/mol. The second kappa shape index (κ2) is 6.62. The molecule has 1 fully saturated rings. The van der Waals surface area contributed by atoms with Crippen molar-refractivity contribution < 1.29 is 14.1 Å². The third-order valence-electron chi connectivity index (χ3n) is 3.68. The maximum absolute atomic E-state index is 13.3. The SMILES string of the molecule is CNCC1CCCN(C(=O)c2cc(F)ccc2[N+](=O)[O-])C1. The molecule has 1 aliphatic heterocycles. The highest BCUT2D eigenvalue weighted by molar-refractivity contribution is 5.98. The van der Waals surface area contributed by atoms with Crippen LogP contribution in [0, 0.1) is 21.8 Å². The van der Waals surface area contributed by atoms with E-state index in [4.69, 9.17) is 0 Å². The van der Waals surface area contributed by atoms with Crippen molar-refractivity contribution in [3.63, 3.8) is 0 Å². The van der Waals surface area contributed by atoms with Gasteiger partial charge in [0.25, 0.3) is 11.6 Å². The fourth-order valence-corrected chi connectivity index (χ4v) is 2.71. The van der Waals surface area contributed by atoms with Crippen LogP contribution in [0.5, 0.6) is 0 Å². The van der Waals surface area contributed by atoms with E-state index in [1.54, 1.807) is 4.90 Å². The molecule has 1 N–H and O–H groups in total. The second-order valence-electron chi connectivity index (χ2n) is 5.24. The smallest absolute Gasteiger partial charge is 0.282 e. The highest BCUT2D eigenvalue weighted by Gasteiger charge is 2.29. The van der Waals surface area contributed by atoms with Gasteiger partial charge in [-0.05, 0) is 44.5 Å². The van der Waals surface area contributed by atoms with E-state index < -0.39 is 16.6 Å². The molecule has 0 aliphatic carbocycles. The van der Waals surface area contributed by atoms with Gasteiger partial charge >= 0.3 is 0 Å². The topological polar surface area (TPSA) is 75.5 Å². The number of halogens is 1. The van der Waals surface area contributed by atoms with E-state index in [0.29, 0.717) is 19.0 Å². The molecular weight excluding hydrogens is 277 g/mol. The summed E-state index contributed by atoms with van der Waals surface area (Å²) in [6, 6.07) is 2.98. The lowest BCUT2D eigenvalue weighted by Gasteiger charge is -2.32. The standard InChI is InChI=1S/C14H18FN3O3/c1-16-8-10-3-2-6-17(9-10)14(19)12-7-11(15)4-5-13(12)18(20)21/h4-5,7,10,16H,2-3,6,8-9H2,1H3. The molecule has 1 heterocycles. The number of carbonyl (C=O) groups excluding carboxylic acids is 1. The number of nitro benzene ring substituents is 1.